The molecular weight excluding hydrogens is 525 g/mol. The highest BCUT2D eigenvalue weighted by atomic mass is 19.4. The summed E-state index contributed by atoms with van der Waals surface area (Å²) in [5.41, 5.74) is -0.917. The highest BCUT2D eigenvalue weighted by molar-refractivity contribution is 6.00. The maximum absolute atomic E-state index is 13.8. The van der Waals surface area contributed by atoms with Crippen molar-refractivity contribution in [3.63, 3.8) is 0 Å². The fraction of sp³-hybridized carbons (Fsp3) is 0.385. The van der Waals surface area contributed by atoms with Gasteiger partial charge >= 0.3 is 6.18 Å². The molecule has 0 aliphatic heterocycles. The number of carbonyl (C=O) groups is 2. The number of alkyl halides is 5. The van der Waals surface area contributed by atoms with E-state index < -0.39 is 54.3 Å². The van der Waals surface area contributed by atoms with Crippen molar-refractivity contribution in [2.24, 2.45) is 13.0 Å². The number of rotatable bonds is 6. The quantitative estimate of drug-likeness (QED) is 0.265. The number of benzene rings is 1. The smallest absolute Gasteiger partial charge is 0.417 e. The van der Waals surface area contributed by atoms with Crippen molar-refractivity contribution in [3.05, 3.63) is 71.0 Å². The monoisotopic (exact) mass is 551 g/mol. The number of carbonyl (C=O) groups excluding carboxylic acids is 2. The Balaban J connectivity index is 1.57. The van der Waals surface area contributed by atoms with Gasteiger partial charge in [-0.15, -0.1) is 0 Å². The van der Waals surface area contributed by atoms with Gasteiger partial charge in [0.15, 0.2) is 11.9 Å². The molecule has 1 aliphatic rings. The summed E-state index contributed by atoms with van der Waals surface area (Å²) in [6.45, 7) is 1.27. The lowest BCUT2D eigenvalue weighted by Gasteiger charge is -2.33. The number of aryl methyl sites for hydroxylation is 1. The standard InChI is InChI=1S/C26H26F5N5O3/c1-15-21(19(26(29,30)31)10-14-36(15)39)16-3-5-18(6-4-16)33-24(38)22(17-7-11-25(27,28)12-8-17)34-23(37)20-9-13-32-35(20)2/h3-6,9-10,13-14,17,22H,7-8,11-12H2,1-2H3,(H,33,38)(H,34,37)/t22-/m0/s1. The predicted octanol–water partition coefficient (Wildman–Crippen LogP) is 4.61. The molecule has 1 saturated carbocycles. The Kier molecular flexibility index (Phi) is 7.62. The van der Waals surface area contributed by atoms with Gasteiger partial charge in [0.1, 0.15) is 11.7 Å². The van der Waals surface area contributed by atoms with Crippen LogP contribution in [0.1, 0.15) is 47.4 Å². The first-order chi connectivity index (χ1) is 18.3. The molecule has 0 radical (unpaired) electrons. The van der Waals surface area contributed by atoms with Crippen molar-refractivity contribution in [1.82, 2.24) is 15.1 Å². The zero-order chi connectivity index (χ0) is 28.5. The number of aromatic nitrogens is 3. The molecule has 2 amide bonds. The van der Waals surface area contributed by atoms with E-state index in [2.05, 4.69) is 15.7 Å². The van der Waals surface area contributed by atoms with Gasteiger partial charge in [0.05, 0.1) is 11.1 Å². The number of nitrogens with zero attached hydrogens (tertiary/aromatic N) is 3. The Labute approximate surface area is 220 Å². The van der Waals surface area contributed by atoms with Crippen LogP contribution in [0.3, 0.4) is 0 Å². The molecule has 1 aromatic carbocycles. The molecule has 8 nitrogen and oxygen atoms in total. The highest BCUT2D eigenvalue weighted by Gasteiger charge is 2.41. The molecule has 1 atom stereocenters. The number of nitrogens with one attached hydrogen (secondary N) is 2. The average Bonchev–Trinajstić information content (AvgIpc) is 3.30. The third-order valence-corrected chi connectivity index (χ3v) is 6.94. The van der Waals surface area contributed by atoms with Gasteiger partial charge in [-0.3, -0.25) is 14.3 Å². The van der Waals surface area contributed by atoms with Crippen LogP contribution in [0.25, 0.3) is 11.1 Å². The molecule has 1 fully saturated rings. The second kappa shape index (κ2) is 10.6. The summed E-state index contributed by atoms with van der Waals surface area (Å²) >= 11 is 0. The maximum Gasteiger partial charge on any atom is 0.417 e. The van der Waals surface area contributed by atoms with Gasteiger partial charge in [0.2, 0.25) is 11.8 Å². The molecule has 13 heteroatoms. The molecule has 2 aromatic heterocycles. The highest BCUT2D eigenvalue weighted by Crippen LogP contribution is 2.39. The maximum atomic E-state index is 13.8. The first-order valence-corrected chi connectivity index (χ1v) is 12.1. The molecule has 4 rings (SSSR count). The number of anilines is 1. The summed E-state index contributed by atoms with van der Waals surface area (Å²) < 4.78 is 69.9. The van der Waals surface area contributed by atoms with Crippen molar-refractivity contribution in [3.8, 4) is 11.1 Å². The fourth-order valence-corrected chi connectivity index (χ4v) is 4.79. The summed E-state index contributed by atoms with van der Waals surface area (Å²) in [6, 6.07) is 6.40. The molecule has 2 heterocycles. The third-order valence-electron chi connectivity index (χ3n) is 6.94. The fourth-order valence-electron chi connectivity index (χ4n) is 4.79. The molecule has 0 saturated heterocycles. The zero-order valence-corrected chi connectivity index (χ0v) is 21.1. The van der Waals surface area contributed by atoms with Gasteiger partial charge in [-0.05, 0) is 42.5 Å². The number of hydrogen-bond acceptors (Lipinski definition) is 4. The van der Waals surface area contributed by atoms with Crippen LogP contribution in [-0.2, 0) is 18.0 Å². The largest absolute Gasteiger partial charge is 0.618 e. The lowest BCUT2D eigenvalue weighted by Crippen LogP contribution is -2.50. The van der Waals surface area contributed by atoms with Gasteiger partial charge < -0.3 is 15.8 Å². The minimum absolute atomic E-state index is 0.0123. The Morgan fingerprint density at radius 3 is 2.33 bits per heavy atom. The van der Waals surface area contributed by atoms with E-state index in [9.17, 15) is 36.7 Å². The number of amides is 2. The Morgan fingerprint density at radius 2 is 1.77 bits per heavy atom. The SMILES string of the molecule is Cc1c(-c2ccc(NC(=O)[C@@H](NC(=O)c3ccnn3C)C3CCC(F)(F)CC3)cc2)c(C(F)(F)F)cc[n+]1[O-]. The first kappa shape index (κ1) is 28.0. The molecule has 0 spiro atoms. The Bertz CT molecular complexity index is 1360. The van der Waals surface area contributed by atoms with E-state index in [4.69, 9.17) is 0 Å². The summed E-state index contributed by atoms with van der Waals surface area (Å²) in [5, 5.41) is 21.1. The number of halogens is 5. The van der Waals surface area contributed by atoms with Crippen LogP contribution >= 0.6 is 0 Å². The molecule has 1 aliphatic carbocycles. The van der Waals surface area contributed by atoms with E-state index in [1.165, 1.54) is 48.1 Å². The van der Waals surface area contributed by atoms with E-state index in [0.29, 0.717) is 10.8 Å². The van der Waals surface area contributed by atoms with Gasteiger partial charge in [0.25, 0.3) is 5.91 Å². The molecular formula is C26H26F5N5O3. The predicted molar refractivity (Wildman–Crippen MR) is 131 cm³/mol. The minimum Gasteiger partial charge on any atom is -0.618 e. The number of pyridine rings is 1. The Hall–Kier alpha value is -4.03. The van der Waals surface area contributed by atoms with Crippen molar-refractivity contribution in [1.29, 1.82) is 0 Å². The topological polar surface area (TPSA) is 103 Å². The Morgan fingerprint density at radius 1 is 1.13 bits per heavy atom. The molecule has 0 bridgehead atoms. The summed E-state index contributed by atoms with van der Waals surface area (Å²) in [7, 11) is 1.54. The molecule has 39 heavy (non-hydrogen) atoms. The second-order valence-electron chi connectivity index (χ2n) is 9.56. The van der Waals surface area contributed by atoms with Crippen molar-refractivity contribution in [2.45, 2.75) is 50.7 Å². The molecule has 208 valence electrons. The van der Waals surface area contributed by atoms with E-state index in [0.717, 1.165) is 6.20 Å². The van der Waals surface area contributed by atoms with E-state index in [1.807, 2.05) is 0 Å². The lowest BCUT2D eigenvalue weighted by atomic mass is 9.81. The van der Waals surface area contributed by atoms with Gasteiger partial charge in [-0.25, -0.2) is 8.78 Å². The van der Waals surface area contributed by atoms with Crippen molar-refractivity contribution in [2.75, 3.05) is 5.32 Å². The van der Waals surface area contributed by atoms with E-state index in [-0.39, 0.29) is 41.0 Å². The average molecular weight is 552 g/mol. The lowest BCUT2D eigenvalue weighted by molar-refractivity contribution is -0.611. The second-order valence-corrected chi connectivity index (χ2v) is 9.56. The molecule has 3 aromatic rings. The van der Waals surface area contributed by atoms with E-state index in [1.54, 1.807) is 7.05 Å². The summed E-state index contributed by atoms with van der Waals surface area (Å²) in [6.07, 6.45) is -3.32. The van der Waals surface area contributed by atoms with Crippen LogP contribution in [0.5, 0.6) is 0 Å². The third kappa shape index (κ3) is 6.18. The van der Waals surface area contributed by atoms with Crippen LogP contribution in [-0.4, -0.2) is 33.6 Å². The van der Waals surface area contributed by atoms with Crippen LogP contribution in [0, 0.1) is 18.0 Å². The van der Waals surface area contributed by atoms with Crippen molar-refractivity contribution < 1.29 is 36.3 Å². The van der Waals surface area contributed by atoms with Gasteiger partial charge in [-0.2, -0.15) is 23.0 Å². The number of hydrogen-bond donors (Lipinski definition) is 2. The molecule has 2 N–H and O–H groups in total. The van der Waals surface area contributed by atoms with Crippen LogP contribution < -0.4 is 15.4 Å². The van der Waals surface area contributed by atoms with Gasteiger partial charge in [0, 0.05) is 44.8 Å². The van der Waals surface area contributed by atoms with E-state index >= 15 is 0 Å². The van der Waals surface area contributed by atoms with Crippen molar-refractivity contribution >= 4 is 17.5 Å². The zero-order valence-electron chi connectivity index (χ0n) is 21.1. The summed E-state index contributed by atoms with van der Waals surface area (Å²) in [5.74, 6) is -4.66. The van der Waals surface area contributed by atoms with Crippen LogP contribution in [0.4, 0.5) is 27.6 Å². The summed E-state index contributed by atoms with van der Waals surface area (Å²) in [4.78, 5) is 26.1. The normalized spacial score (nSPS) is 16.5. The first-order valence-electron chi connectivity index (χ1n) is 12.1. The van der Waals surface area contributed by atoms with Gasteiger partial charge in [-0.1, -0.05) is 12.1 Å². The minimum atomic E-state index is -4.70. The van der Waals surface area contributed by atoms with Crippen LogP contribution in [0.15, 0.2) is 48.8 Å². The molecule has 0 unspecified atom stereocenters. The van der Waals surface area contributed by atoms with Crippen LogP contribution in [0.2, 0.25) is 0 Å².